The Morgan fingerprint density at radius 3 is 2.56 bits per heavy atom. The van der Waals surface area contributed by atoms with Gasteiger partial charge in [0, 0.05) is 18.8 Å². The lowest BCUT2D eigenvalue weighted by molar-refractivity contribution is -0.123. The molecule has 1 atom stereocenters. The molecule has 0 spiro atoms. The number of rotatable bonds is 5. The molecule has 0 saturated carbocycles. The zero-order chi connectivity index (χ0) is 13.9. The number of carbonyl (C=O) groups is 2. The average Bonchev–Trinajstić information content (AvgIpc) is 2.49. The molecule has 0 fully saturated rings. The summed E-state index contributed by atoms with van der Waals surface area (Å²) in [7, 11) is 0. The van der Waals surface area contributed by atoms with E-state index in [0.717, 1.165) is 5.57 Å². The summed E-state index contributed by atoms with van der Waals surface area (Å²) in [6.07, 6.45) is 3.21. The normalized spacial score (nSPS) is 19.6. The first kappa shape index (κ1) is 14.7. The highest BCUT2D eigenvalue weighted by atomic mass is 16.3. The minimum Gasteiger partial charge on any atom is -0.511 e. The average molecular weight is 250 g/mol. The van der Waals surface area contributed by atoms with E-state index in [1.165, 1.54) is 0 Å². The summed E-state index contributed by atoms with van der Waals surface area (Å²) < 4.78 is 0. The molecule has 0 aromatic carbocycles. The number of Topliss-reactive ketones (excluding diaryl/α,β-unsaturated/α-hetero) is 2. The number of hydrogen-bond donors (Lipinski definition) is 1. The van der Waals surface area contributed by atoms with Crippen molar-refractivity contribution >= 4 is 11.6 Å². The van der Waals surface area contributed by atoms with Gasteiger partial charge in [-0.1, -0.05) is 25.5 Å². The first-order chi connectivity index (χ1) is 8.32. The molecule has 0 unspecified atom stereocenters. The topological polar surface area (TPSA) is 54.4 Å². The molecule has 0 heterocycles. The summed E-state index contributed by atoms with van der Waals surface area (Å²) in [4.78, 5) is 24.0. The molecule has 0 bridgehead atoms. The van der Waals surface area contributed by atoms with Gasteiger partial charge < -0.3 is 5.11 Å². The summed E-state index contributed by atoms with van der Waals surface area (Å²) in [5.74, 6) is -0.478. The quantitative estimate of drug-likeness (QED) is 0.601. The van der Waals surface area contributed by atoms with E-state index in [0.29, 0.717) is 19.3 Å². The Balaban J connectivity index is 2.76. The second-order valence-corrected chi connectivity index (χ2v) is 5.63. The van der Waals surface area contributed by atoms with Crippen LogP contribution in [0.2, 0.25) is 0 Å². The van der Waals surface area contributed by atoms with Crippen molar-refractivity contribution in [3.63, 3.8) is 0 Å². The Bertz CT molecular complexity index is 409. The minimum absolute atomic E-state index is 0.0159. The third kappa shape index (κ3) is 3.56. The number of allylic oxidation sites excluding steroid dienone is 4. The van der Waals surface area contributed by atoms with Crippen molar-refractivity contribution in [1.82, 2.24) is 0 Å². The molecular formula is C15H22O3. The van der Waals surface area contributed by atoms with Gasteiger partial charge in [0.25, 0.3) is 0 Å². The minimum atomic E-state index is -0.258. The molecule has 0 aromatic rings. The van der Waals surface area contributed by atoms with Crippen LogP contribution in [0.15, 0.2) is 23.0 Å². The second-order valence-electron chi connectivity index (χ2n) is 5.63. The molecule has 0 saturated heterocycles. The lowest BCUT2D eigenvalue weighted by Crippen LogP contribution is -2.17. The molecule has 3 heteroatoms. The molecule has 1 rings (SSSR count). The van der Waals surface area contributed by atoms with Crippen molar-refractivity contribution < 1.29 is 14.7 Å². The van der Waals surface area contributed by atoms with Gasteiger partial charge in [0.1, 0.15) is 5.76 Å². The SMILES string of the molecule is CC(C)=CC[C@H]1CC(O)=C(C(=O)CC(C)C)C1=O. The van der Waals surface area contributed by atoms with Gasteiger partial charge in [-0.3, -0.25) is 9.59 Å². The fourth-order valence-electron chi connectivity index (χ4n) is 2.11. The highest BCUT2D eigenvalue weighted by Crippen LogP contribution is 2.31. The van der Waals surface area contributed by atoms with Gasteiger partial charge >= 0.3 is 0 Å². The van der Waals surface area contributed by atoms with E-state index >= 15 is 0 Å². The largest absolute Gasteiger partial charge is 0.511 e. The van der Waals surface area contributed by atoms with Crippen LogP contribution in [0.5, 0.6) is 0 Å². The van der Waals surface area contributed by atoms with Crippen LogP contribution >= 0.6 is 0 Å². The number of ketones is 2. The standard InChI is InChI=1S/C15H22O3/c1-9(2)5-6-11-8-13(17)14(15(11)18)12(16)7-10(3)4/h5,10-11,17H,6-8H2,1-4H3/t11-/m0/s1. The predicted molar refractivity (Wildman–Crippen MR) is 71.3 cm³/mol. The molecular weight excluding hydrogens is 228 g/mol. The van der Waals surface area contributed by atoms with E-state index in [1.54, 1.807) is 0 Å². The lowest BCUT2D eigenvalue weighted by Gasteiger charge is -2.06. The van der Waals surface area contributed by atoms with Crippen LogP contribution in [0.1, 0.15) is 47.0 Å². The van der Waals surface area contributed by atoms with Gasteiger partial charge in [-0.05, 0) is 26.2 Å². The molecule has 100 valence electrons. The molecule has 1 aliphatic carbocycles. The van der Waals surface area contributed by atoms with E-state index in [-0.39, 0.29) is 34.7 Å². The third-order valence-electron chi connectivity index (χ3n) is 3.03. The Hall–Kier alpha value is -1.38. The number of carbonyl (C=O) groups excluding carboxylic acids is 2. The summed E-state index contributed by atoms with van der Waals surface area (Å²) >= 11 is 0. The van der Waals surface area contributed by atoms with Crippen molar-refractivity contribution in [2.45, 2.75) is 47.0 Å². The van der Waals surface area contributed by atoms with Crippen LogP contribution in [0.4, 0.5) is 0 Å². The Morgan fingerprint density at radius 2 is 2.06 bits per heavy atom. The molecule has 18 heavy (non-hydrogen) atoms. The van der Waals surface area contributed by atoms with Gasteiger partial charge in [0.05, 0.1) is 5.57 Å². The zero-order valence-corrected chi connectivity index (χ0v) is 11.6. The van der Waals surface area contributed by atoms with Gasteiger partial charge in [-0.25, -0.2) is 0 Å². The summed E-state index contributed by atoms with van der Waals surface area (Å²) in [5.41, 5.74) is 1.19. The zero-order valence-electron chi connectivity index (χ0n) is 11.6. The molecule has 1 N–H and O–H groups in total. The molecule has 0 amide bonds. The highest BCUT2D eigenvalue weighted by Gasteiger charge is 2.36. The van der Waals surface area contributed by atoms with E-state index in [9.17, 15) is 14.7 Å². The number of aliphatic hydroxyl groups is 1. The molecule has 0 radical (unpaired) electrons. The smallest absolute Gasteiger partial charge is 0.173 e. The van der Waals surface area contributed by atoms with Crippen LogP contribution < -0.4 is 0 Å². The second kappa shape index (κ2) is 5.98. The Kier molecular flexibility index (Phi) is 4.88. The summed E-state index contributed by atoms with van der Waals surface area (Å²) in [6, 6.07) is 0. The van der Waals surface area contributed by atoms with Crippen molar-refractivity contribution in [2.75, 3.05) is 0 Å². The first-order valence-electron chi connectivity index (χ1n) is 6.45. The number of aliphatic hydroxyl groups excluding tert-OH is 1. The van der Waals surface area contributed by atoms with Gasteiger partial charge in [-0.2, -0.15) is 0 Å². The number of hydrogen-bond acceptors (Lipinski definition) is 3. The van der Waals surface area contributed by atoms with Crippen LogP contribution in [0, 0.1) is 11.8 Å². The Labute approximate surface area is 109 Å². The maximum atomic E-state index is 12.1. The van der Waals surface area contributed by atoms with E-state index in [4.69, 9.17) is 0 Å². The van der Waals surface area contributed by atoms with Gasteiger partial charge in [-0.15, -0.1) is 0 Å². The van der Waals surface area contributed by atoms with Crippen molar-refractivity contribution in [2.24, 2.45) is 11.8 Å². The lowest BCUT2D eigenvalue weighted by atomic mass is 9.95. The summed E-state index contributed by atoms with van der Waals surface area (Å²) in [6.45, 7) is 7.79. The predicted octanol–water partition coefficient (Wildman–Crippen LogP) is 3.36. The van der Waals surface area contributed by atoms with E-state index in [1.807, 2.05) is 33.8 Å². The molecule has 1 aliphatic rings. The van der Waals surface area contributed by atoms with Crippen LogP contribution in [-0.4, -0.2) is 16.7 Å². The van der Waals surface area contributed by atoms with E-state index < -0.39 is 0 Å². The maximum absolute atomic E-state index is 12.1. The molecule has 0 aliphatic heterocycles. The van der Waals surface area contributed by atoms with E-state index in [2.05, 4.69) is 0 Å². The first-order valence-corrected chi connectivity index (χ1v) is 6.45. The van der Waals surface area contributed by atoms with Crippen LogP contribution in [0.25, 0.3) is 0 Å². The third-order valence-corrected chi connectivity index (χ3v) is 3.03. The monoisotopic (exact) mass is 250 g/mol. The highest BCUT2D eigenvalue weighted by molar-refractivity contribution is 6.22. The fraction of sp³-hybridized carbons (Fsp3) is 0.600. The Morgan fingerprint density at radius 1 is 1.44 bits per heavy atom. The van der Waals surface area contributed by atoms with Crippen molar-refractivity contribution in [3.8, 4) is 0 Å². The maximum Gasteiger partial charge on any atom is 0.173 e. The fourth-order valence-corrected chi connectivity index (χ4v) is 2.11. The van der Waals surface area contributed by atoms with Crippen LogP contribution in [-0.2, 0) is 9.59 Å². The molecule has 0 aromatic heterocycles. The van der Waals surface area contributed by atoms with Crippen LogP contribution in [0.3, 0.4) is 0 Å². The van der Waals surface area contributed by atoms with Crippen molar-refractivity contribution in [1.29, 1.82) is 0 Å². The molecule has 3 nitrogen and oxygen atoms in total. The summed E-state index contributed by atoms with van der Waals surface area (Å²) in [5, 5.41) is 9.80. The van der Waals surface area contributed by atoms with Crippen molar-refractivity contribution in [3.05, 3.63) is 23.0 Å². The van der Waals surface area contributed by atoms with Gasteiger partial charge in [0.15, 0.2) is 11.6 Å². The van der Waals surface area contributed by atoms with Gasteiger partial charge in [0.2, 0.25) is 0 Å².